The number of aliphatic hydroxyl groups is 1. The van der Waals surface area contributed by atoms with E-state index in [0.717, 1.165) is 5.57 Å². The molecule has 2 rings (SSSR count). The Morgan fingerprint density at radius 2 is 2.33 bits per heavy atom. The number of rotatable bonds is 0. The van der Waals surface area contributed by atoms with Crippen LogP contribution in [0.4, 0.5) is 0 Å². The summed E-state index contributed by atoms with van der Waals surface area (Å²) in [4.78, 5) is 11.0. The Kier molecular flexibility index (Phi) is 1.73. The number of fused-ring (bicyclic) bond motifs is 1. The van der Waals surface area contributed by atoms with Crippen molar-refractivity contribution in [3.05, 3.63) is 24.0 Å². The molecule has 0 spiro atoms. The van der Waals surface area contributed by atoms with Gasteiger partial charge in [0.2, 0.25) is 0 Å². The summed E-state index contributed by atoms with van der Waals surface area (Å²) >= 11 is 0. The first kappa shape index (κ1) is 7.55. The molecule has 0 radical (unpaired) electrons. The first-order valence-electron chi connectivity index (χ1n) is 3.98. The van der Waals surface area contributed by atoms with Gasteiger partial charge >= 0.3 is 0 Å². The monoisotopic (exact) mass is 166 g/mol. The molecule has 64 valence electrons. The maximum atomic E-state index is 11.0. The van der Waals surface area contributed by atoms with E-state index in [1.807, 2.05) is 0 Å². The molecule has 1 N–H and O–H groups in total. The lowest BCUT2D eigenvalue weighted by Gasteiger charge is -2.28. The predicted molar refractivity (Wildman–Crippen MR) is 42.3 cm³/mol. The fraction of sp³-hybridized carbons (Fsp3) is 0.444. The van der Waals surface area contributed by atoms with Crippen molar-refractivity contribution < 1.29 is 14.6 Å². The standard InChI is InChI=1S/C9H10O3/c10-7-2-1-6-4-12-5-9(11)8(6)3-7/h1-2,4,8-9,11H,3,5H2/t8-,9-/m1/s1. The molecule has 0 unspecified atom stereocenters. The van der Waals surface area contributed by atoms with E-state index in [1.165, 1.54) is 6.08 Å². The second kappa shape index (κ2) is 2.75. The maximum absolute atomic E-state index is 11.0. The van der Waals surface area contributed by atoms with E-state index < -0.39 is 6.10 Å². The summed E-state index contributed by atoms with van der Waals surface area (Å²) in [5, 5.41) is 9.47. The molecule has 12 heavy (non-hydrogen) atoms. The molecule has 1 aliphatic heterocycles. The third-order valence-electron chi connectivity index (χ3n) is 2.26. The average molecular weight is 166 g/mol. The number of hydrogen-bond acceptors (Lipinski definition) is 3. The Balaban J connectivity index is 2.29. The minimum Gasteiger partial charge on any atom is -0.498 e. The van der Waals surface area contributed by atoms with Crippen LogP contribution in [-0.4, -0.2) is 23.6 Å². The zero-order valence-electron chi connectivity index (χ0n) is 6.56. The molecule has 2 atom stereocenters. The van der Waals surface area contributed by atoms with Gasteiger partial charge in [0.25, 0.3) is 0 Å². The van der Waals surface area contributed by atoms with E-state index >= 15 is 0 Å². The van der Waals surface area contributed by atoms with Crippen LogP contribution in [0.15, 0.2) is 24.0 Å². The van der Waals surface area contributed by atoms with E-state index in [9.17, 15) is 9.90 Å². The van der Waals surface area contributed by atoms with Crippen LogP contribution in [0.5, 0.6) is 0 Å². The van der Waals surface area contributed by atoms with Crippen molar-refractivity contribution in [3.8, 4) is 0 Å². The van der Waals surface area contributed by atoms with Gasteiger partial charge in [-0.3, -0.25) is 4.79 Å². The minimum atomic E-state index is -0.529. The summed E-state index contributed by atoms with van der Waals surface area (Å²) in [5.74, 6) is 0.0364. The molecule has 0 saturated heterocycles. The first-order chi connectivity index (χ1) is 5.77. The Morgan fingerprint density at radius 3 is 3.17 bits per heavy atom. The second-order valence-corrected chi connectivity index (χ2v) is 3.13. The summed E-state index contributed by atoms with van der Waals surface area (Å²) in [7, 11) is 0. The molecule has 1 aliphatic carbocycles. The molecule has 0 fully saturated rings. The molecular formula is C9H10O3. The Labute approximate surface area is 70.3 Å². The summed E-state index contributed by atoms with van der Waals surface area (Å²) in [6.07, 6.45) is 4.76. The molecule has 0 aromatic rings. The summed E-state index contributed by atoms with van der Waals surface area (Å²) in [5.41, 5.74) is 0.924. The van der Waals surface area contributed by atoms with Gasteiger partial charge in [0, 0.05) is 12.3 Å². The molecule has 0 bridgehead atoms. The zero-order valence-corrected chi connectivity index (χ0v) is 6.56. The zero-order chi connectivity index (χ0) is 8.55. The number of allylic oxidation sites excluding steroid dienone is 2. The molecule has 0 aromatic heterocycles. The van der Waals surface area contributed by atoms with Crippen LogP contribution in [-0.2, 0) is 9.53 Å². The topological polar surface area (TPSA) is 46.5 Å². The molecule has 0 aromatic carbocycles. The van der Waals surface area contributed by atoms with Crippen molar-refractivity contribution in [3.63, 3.8) is 0 Å². The Bertz CT molecular complexity index is 265. The lowest BCUT2D eigenvalue weighted by Crippen LogP contribution is -2.32. The number of ketones is 1. The average Bonchev–Trinajstić information content (AvgIpc) is 2.07. The molecule has 0 amide bonds. The smallest absolute Gasteiger partial charge is 0.156 e. The second-order valence-electron chi connectivity index (χ2n) is 3.13. The van der Waals surface area contributed by atoms with Crippen molar-refractivity contribution >= 4 is 5.78 Å². The molecule has 3 heteroatoms. The number of ether oxygens (including phenoxy) is 1. The number of carbonyl (C=O) groups excluding carboxylic acids is 1. The third kappa shape index (κ3) is 1.16. The number of carbonyl (C=O) groups is 1. The fourth-order valence-electron chi connectivity index (χ4n) is 1.56. The highest BCUT2D eigenvalue weighted by Crippen LogP contribution is 2.28. The van der Waals surface area contributed by atoms with Crippen molar-refractivity contribution in [2.24, 2.45) is 5.92 Å². The van der Waals surface area contributed by atoms with Crippen LogP contribution >= 0.6 is 0 Å². The van der Waals surface area contributed by atoms with Gasteiger partial charge in [-0.25, -0.2) is 0 Å². The highest BCUT2D eigenvalue weighted by Gasteiger charge is 2.30. The van der Waals surface area contributed by atoms with Crippen molar-refractivity contribution in [2.75, 3.05) is 6.61 Å². The Hall–Kier alpha value is -1.09. The molecule has 3 nitrogen and oxygen atoms in total. The van der Waals surface area contributed by atoms with Crippen LogP contribution in [0.25, 0.3) is 0 Å². The number of aliphatic hydroxyl groups excluding tert-OH is 1. The van der Waals surface area contributed by atoms with E-state index in [2.05, 4.69) is 0 Å². The first-order valence-corrected chi connectivity index (χ1v) is 3.98. The van der Waals surface area contributed by atoms with Crippen molar-refractivity contribution in [1.29, 1.82) is 0 Å². The molecule has 0 saturated carbocycles. The van der Waals surface area contributed by atoms with Crippen LogP contribution in [0, 0.1) is 5.92 Å². The normalized spacial score (nSPS) is 33.8. The number of hydrogen-bond donors (Lipinski definition) is 1. The van der Waals surface area contributed by atoms with Crippen molar-refractivity contribution in [2.45, 2.75) is 12.5 Å². The Morgan fingerprint density at radius 1 is 1.50 bits per heavy atom. The highest BCUT2D eigenvalue weighted by atomic mass is 16.5. The lowest BCUT2D eigenvalue weighted by atomic mass is 9.84. The summed E-state index contributed by atoms with van der Waals surface area (Å²) in [6, 6.07) is 0. The van der Waals surface area contributed by atoms with Gasteiger partial charge < -0.3 is 9.84 Å². The van der Waals surface area contributed by atoms with Gasteiger partial charge in [-0.2, -0.15) is 0 Å². The van der Waals surface area contributed by atoms with Gasteiger partial charge in [0.15, 0.2) is 5.78 Å². The minimum absolute atomic E-state index is 0.0451. The van der Waals surface area contributed by atoms with Gasteiger partial charge in [0.1, 0.15) is 6.61 Å². The molecule has 1 heterocycles. The summed E-state index contributed by atoms with van der Waals surface area (Å²) in [6.45, 7) is 0.301. The van der Waals surface area contributed by atoms with E-state index in [-0.39, 0.29) is 11.7 Å². The van der Waals surface area contributed by atoms with Crippen molar-refractivity contribution in [1.82, 2.24) is 0 Å². The fourth-order valence-corrected chi connectivity index (χ4v) is 1.56. The predicted octanol–water partition coefficient (Wildman–Crippen LogP) is 0.407. The van der Waals surface area contributed by atoms with E-state index in [0.29, 0.717) is 13.0 Å². The van der Waals surface area contributed by atoms with Gasteiger partial charge in [0.05, 0.1) is 12.4 Å². The maximum Gasteiger partial charge on any atom is 0.156 e. The largest absolute Gasteiger partial charge is 0.498 e. The van der Waals surface area contributed by atoms with Crippen LogP contribution < -0.4 is 0 Å². The van der Waals surface area contributed by atoms with E-state index in [1.54, 1.807) is 12.3 Å². The van der Waals surface area contributed by atoms with Gasteiger partial charge in [-0.1, -0.05) is 6.08 Å². The third-order valence-corrected chi connectivity index (χ3v) is 2.26. The highest BCUT2D eigenvalue weighted by molar-refractivity contribution is 5.92. The van der Waals surface area contributed by atoms with Gasteiger partial charge in [-0.05, 0) is 11.6 Å². The molecule has 2 aliphatic rings. The quantitative estimate of drug-likeness (QED) is 0.566. The van der Waals surface area contributed by atoms with Crippen LogP contribution in [0.1, 0.15) is 6.42 Å². The lowest BCUT2D eigenvalue weighted by molar-refractivity contribution is -0.116. The van der Waals surface area contributed by atoms with Gasteiger partial charge in [-0.15, -0.1) is 0 Å². The molecular weight excluding hydrogens is 156 g/mol. The van der Waals surface area contributed by atoms with Crippen LogP contribution in [0.3, 0.4) is 0 Å². The van der Waals surface area contributed by atoms with Crippen LogP contribution in [0.2, 0.25) is 0 Å². The van der Waals surface area contributed by atoms with E-state index in [4.69, 9.17) is 4.74 Å². The summed E-state index contributed by atoms with van der Waals surface area (Å²) < 4.78 is 5.01. The SMILES string of the molecule is O=C1C=CC2=COC[C@@H](O)[C@@H]2C1.